The molecule has 0 radical (unpaired) electrons. The second-order valence-corrected chi connectivity index (χ2v) is 2.24. The summed E-state index contributed by atoms with van der Waals surface area (Å²) in [6, 6.07) is 0. The first kappa shape index (κ1) is 9.90. The van der Waals surface area contributed by atoms with Crippen molar-refractivity contribution in [1.82, 2.24) is 10.4 Å². The van der Waals surface area contributed by atoms with Crippen LogP contribution in [0.15, 0.2) is 0 Å². The molecule has 0 aromatic rings. The molecule has 5 nitrogen and oxygen atoms in total. The predicted molar refractivity (Wildman–Crippen MR) is 38.5 cm³/mol. The number of carbonyl (C=O) groups is 2. The molecule has 0 aliphatic heterocycles. The number of hydrogen-bond acceptors (Lipinski definition) is 3. The van der Waals surface area contributed by atoms with E-state index in [1.54, 1.807) is 14.1 Å². The highest BCUT2D eigenvalue weighted by molar-refractivity contribution is 5.77. The zero-order chi connectivity index (χ0) is 8.85. The second-order valence-electron chi connectivity index (χ2n) is 2.24. The van der Waals surface area contributed by atoms with E-state index in [1.165, 1.54) is 11.8 Å². The average molecular weight is 160 g/mol. The van der Waals surface area contributed by atoms with E-state index in [0.717, 1.165) is 0 Å². The number of rotatable bonds is 3. The minimum absolute atomic E-state index is 0.132. The maximum Gasteiger partial charge on any atom is 0.250 e. The van der Waals surface area contributed by atoms with E-state index in [1.807, 2.05) is 5.48 Å². The molecule has 11 heavy (non-hydrogen) atoms. The maximum atomic E-state index is 10.8. The van der Waals surface area contributed by atoms with E-state index >= 15 is 0 Å². The molecule has 0 fully saturated rings. The van der Waals surface area contributed by atoms with Crippen LogP contribution in [-0.2, 0) is 14.4 Å². The predicted octanol–water partition coefficient (Wildman–Crippen LogP) is -0.858. The Labute approximate surface area is 65.3 Å². The van der Waals surface area contributed by atoms with Gasteiger partial charge in [-0.15, -0.1) is 0 Å². The Balaban J connectivity index is 3.39. The van der Waals surface area contributed by atoms with Crippen molar-refractivity contribution in [3.8, 4) is 0 Å². The highest BCUT2D eigenvalue weighted by atomic mass is 16.7. The fourth-order valence-electron chi connectivity index (χ4n) is 0.329. The molecule has 0 spiro atoms. The molecule has 0 aliphatic rings. The van der Waals surface area contributed by atoms with Crippen LogP contribution >= 0.6 is 0 Å². The van der Waals surface area contributed by atoms with Crippen molar-refractivity contribution in [3.63, 3.8) is 0 Å². The van der Waals surface area contributed by atoms with Crippen LogP contribution in [0.1, 0.15) is 6.92 Å². The molecule has 0 saturated carbocycles. The fourth-order valence-corrected chi connectivity index (χ4v) is 0.329. The van der Waals surface area contributed by atoms with Crippen LogP contribution in [0, 0.1) is 0 Å². The van der Waals surface area contributed by atoms with Crippen LogP contribution < -0.4 is 5.48 Å². The molecule has 64 valence electrons. The lowest BCUT2D eigenvalue weighted by molar-refractivity contribution is -0.142. The summed E-state index contributed by atoms with van der Waals surface area (Å²) in [5.41, 5.74) is 2.04. The number of amides is 2. The van der Waals surface area contributed by atoms with E-state index in [9.17, 15) is 9.59 Å². The largest absolute Gasteiger partial charge is 0.347 e. The third-order valence-electron chi connectivity index (χ3n) is 0.910. The topological polar surface area (TPSA) is 58.6 Å². The number of carbonyl (C=O) groups excluding carboxylic acids is 2. The van der Waals surface area contributed by atoms with Gasteiger partial charge in [0.05, 0.1) is 0 Å². The van der Waals surface area contributed by atoms with Crippen LogP contribution in [0.25, 0.3) is 0 Å². The van der Waals surface area contributed by atoms with Gasteiger partial charge in [-0.3, -0.25) is 14.4 Å². The zero-order valence-corrected chi connectivity index (χ0v) is 6.88. The SMILES string of the molecule is CC(=O)NOCC(=O)N(C)C. The van der Waals surface area contributed by atoms with Crippen molar-refractivity contribution in [2.24, 2.45) is 0 Å². The highest BCUT2D eigenvalue weighted by Crippen LogP contribution is 1.78. The first-order valence-corrected chi connectivity index (χ1v) is 3.12. The molecule has 0 aromatic carbocycles. The summed E-state index contributed by atoms with van der Waals surface area (Å²) in [4.78, 5) is 26.9. The summed E-state index contributed by atoms with van der Waals surface area (Å²) in [6.07, 6.45) is 0. The second kappa shape index (κ2) is 4.68. The normalized spacial score (nSPS) is 9.00. The number of likely N-dealkylation sites (N-methyl/N-ethyl adjacent to an activating group) is 1. The molecule has 5 heteroatoms. The van der Waals surface area contributed by atoms with Gasteiger partial charge in [-0.25, -0.2) is 5.48 Å². The van der Waals surface area contributed by atoms with Gasteiger partial charge in [0.25, 0.3) is 5.91 Å². The molecule has 0 unspecified atom stereocenters. The first-order valence-electron chi connectivity index (χ1n) is 3.12. The molecular formula is C6H12N2O3. The fraction of sp³-hybridized carbons (Fsp3) is 0.667. The van der Waals surface area contributed by atoms with Gasteiger partial charge < -0.3 is 4.90 Å². The Kier molecular flexibility index (Phi) is 4.21. The third kappa shape index (κ3) is 5.35. The quantitative estimate of drug-likeness (QED) is 0.547. The lowest BCUT2D eigenvalue weighted by Crippen LogP contribution is -2.31. The summed E-state index contributed by atoms with van der Waals surface area (Å²) < 4.78 is 0. The summed E-state index contributed by atoms with van der Waals surface area (Å²) in [7, 11) is 3.22. The van der Waals surface area contributed by atoms with Crippen molar-refractivity contribution >= 4 is 11.8 Å². The molecule has 0 heterocycles. The highest BCUT2D eigenvalue weighted by Gasteiger charge is 2.03. The number of hydroxylamine groups is 1. The molecule has 2 amide bonds. The van der Waals surface area contributed by atoms with Crippen LogP contribution in [0.3, 0.4) is 0 Å². The Morgan fingerprint density at radius 2 is 2.00 bits per heavy atom. The summed E-state index contributed by atoms with van der Waals surface area (Å²) in [5, 5.41) is 0. The zero-order valence-electron chi connectivity index (χ0n) is 6.88. The van der Waals surface area contributed by atoms with Gasteiger partial charge >= 0.3 is 0 Å². The van der Waals surface area contributed by atoms with Crippen molar-refractivity contribution < 1.29 is 14.4 Å². The Morgan fingerprint density at radius 1 is 1.45 bits per heavy atom. The van der Waals surface area contributed by atoms with E-state index in [4.69, 9.17) is 0 Å². The van der Waals surface area contributed by atoms with Gasteiger partial charge in [-0.05, 0) is 0 Å². The van der Waals surface area contributed by atoms with Crippen molar-refractivity contribution in [3.05, 3.63) is 0 Å². The van der Waals surface area contributed by atoms with Crippen LogP contribution in [0.5, 0.6) is 0 Å². The molecule has 0 aliphatic carbocycles. The van der Waals surface area contributed by atoms with E-state index in [0.29, 0.717) is 0 Å². The molecule has 0 rings (SSSR count). The third-order valence-corrected chi connectivity index (χ3v) is 0.910. The maximum absolute atomic E-state index is 10.8. The number of nitrogens with zero attached hydrogens (tertiary/aromatic N) is 1. The van der Waals surface area contributed by atoms with Gasteiger partial charge in [0, 0.05) is 21.0 Å². The molecule has 0 aromatic heterocycles. The Bertz CT molecular complexity index is 156. The van der Waals surface area contributed by atoms with Crippen molar-refractivity contribution in [1.29, 1.82) is 0 Å². The van der Waals surface area contributed by atoms with Crippen LogP contribution in [0.2, 0.25) is 0 Å². The van der Waals surface area contributed by atoms with Crippen molar-refractivity contribution in [2.45, 2.75) is 6.92 Å². The van der Waals surface area contributed by atoms with E-state index in [2.05, 4.69) is 4.84 Å². The Hall–Kier alpha value is -1.10. The van der Waals surface area contributed by atoms with Crippen LogP contribution in [-0.4, -0.2) is 37.4 Å². The van der Waals surface area contributed by atoms with E-state index in [-0.39, 0.29) is 18.4 Å². The summed E-state index contributed by atoms with van der Waals surface area (Å²) >= 11 is 0. The number of hydrogen-bond donors (Lipinski definition) is 1. The molecular weight excluding hydrogens is 148 g/mol. The van der Waals surface area contributed by atoms with Gasteiger partial charge in [0.1, 0.15) is 0 Å². The minimum atomic E-state index is -0.323. The minimum Gasteiger partial charge on any atom is -0.347 e. The van der Waals surface area contributed by atoms with Crippen molar-refractivity contribution in [2.75, 3.05) is 20.7 Å². The average Bonchev–Trinajstić information content (AvgIpc) is 1.86. The van der Waals surface area contributed by atoms with E-state index < -0.39 is 0 Å². The van der Waals surface area contributed by atoms with Gasteiger partial charge in [0.2, 0.25) is 5.91 Å². The van der Waals surface area contributed by atoms with Crippen LogP contribution in [0.4, 0.5) is 0 Å². The lowest BCUT2D eigenvalue weighted by Gasteiger charge is -2.09. The summed E-state index contributed by atoms with van der Waals surface area (Å²) in [6.45, 7) is 1.17. The van der Waals surface area contributed by atoms with Gasteiger partial charge in [-0.1, -0.05) is 0 Å². The molecule has 0 bridgehead atoms. The first-order chi connectivity index (χ1) is 5.04. The molecule has 1 N–H and O–H groups in total. The smallest absolute Gasteiger partial charge is 0.250 e. The van der Waals surface area contributed by atoms with Gasteiger partial charge in [-0.2, -0.15) is 0 Å². The Morgan fingerprint density at radius 3 is 2.36 bits per heavy atom. The molecule has 0 saturated heterocycles. The number of nitrogens with one attached hydrogen (secondary N) is 1. The lowest BCUT2D eigenvalue weighted by atomic mass is 10.6. The standard InChI is InChI=1S/C6H12N2O3/c1-5(9)7-11-4-6(10)8(2)3/h4H2,1-3H3,(H,7,9). The van der Waals surface area contributed by atoms with Gasteiger partial charge in [0.15, 0.2) is 6.61 Å². The monoisotopic (exact) mass is 160 g/mol. The molecule has 0 atom stereocenters. The summed E-state index contributed by atoms with van der Waals surface area (Å²) in [5.74, 6) is -0.518.